The lowest BCUT2D eigenvalue weighted by Gasteiger charge is -2.19. The van der Waals surface area contributed by atoms with E-state index in [0.29, 0.717) is 13.0 Å². The van der Waals surface area contributed by atoms with Crippen molar-refractivity contribution in [3.63, 3.8) is 0 Å². The van der Waals surface area contributed by atoms with E-state index >= 15 is 0 Å². The van der Waals surface area contributed by atoms with Gasteiger partial charge in [-0.05, 0) is 79.6 Å². The van der Waals surface area contributed by atoms with E-state index in [4.69, 9.17) is 16.6 Å². The summed E-state index contributed by atoms with van der Waals surface area (Å²) >= 11 is 9.25. The summed E-state index contributed by atoms with van der Waals surface area (Å²) in [6.07, 6.45) is 3.00. The van der Waals surface area contributed by atoms with Crippen molar-refractivity contribution in [1.82, 2.24) is 9.97 Å². The zero-order valence-electron chi connectivity index (χ0n) is 18.0. The van der Waals surface area contributed by atoms with E-state index in [1.807, 2.05) is 42.5 Å². The third-order valence-corrected chi connectivity index (χ3v) is 7.39. The number of fused-ring (bicyclic) bond motifs is 1. The number of benzene rings is 2. The average molecular weight is 482 g/mol. The molecule has 0 radical (unpaired) electrons. The van der Waals surface area contributed by atoms with Crippen LogP contribution in [0.15, 0.2) is 65.7 Å². The van der Waals surface area contributed by atoms with Gasteiger partial charge in [-0.1, -0.05) is 35.1 Å². The average Bonchev–Trinajstić information content (AvgIpc) is 3.21. The number of hydrogen-bond donors (Lipinski definition) is 0. The highest BCUT2D eigenvalue weighted by Gasteiger charge is 2.21. The molecule has 164 valence electrons. The fourth-order valence-corrected chi connectivity index (χ4v) is 5.61. The molecule has 7 heteroatoms. The van der Waals surface area contributed by atoms with Crippen LogP contribution in [0.3, 0.4) is 0 Å². The first kappa shape index (κ1) is 22.8. The van der Waals surface area contributed by atoms with Gasteiger partial charge in [0.2, 0.25) is 5.91 Å². The van der Waals surface area contributed by atoms with Crippen LogP contribution in [0, 0.1) is 13.8 Å². The zero-order valence-corrected chi connectivity index (χ0v) is 20.4. The van der Waals surface area contributed by atoms with Gasteiger partial charge in [0.25, 0.3) is 0 Å². The molecule has 0 saturated heterocycles. The predicted molar refractivity (Wildman–Crippen MR) is 136 cm³/mol. The van der Waals surface area contributed by atoms with Gasteiger partial charge in [-0.15, -0.1) is 11.8 Å². The van der Waals surface area contributed by atoms with Gasteiger partial charge in [-0.2, -0.15) is 0 Å². The zero-order chi connectivity index (χ0) is 22.5. The maximum Gasteiger partial charge on any atom is 0.229 e. The van der Waals surface area contributed by atoms with E-state index in [0.717, 1.165) is 48.7 Å². The van der Waals surface area contributed by atoms with Crippen molar-refractivity contribution in [3.05, 3.63) is 82.6 Å². The smallest absolute Gasteiger partial charge is 0.229 e. The summed E-state index contributed by atoms with van der Waals surface area (Å²) in [5.41, 5.74) is 4.15. The molecule has 0 aliphatic heterocycles. The summed E-state index contributed by atoms with van der Waals surface area (Å²) in [5.74, 6) is 0.934. The summed E-state index contributed by atoms with van der Waals surface area (Å²) in [7, 11) is 0. The van der Waals surface area contributed by atoms with Crippen LogP contribution in [0.4, 0.5) is 5.13 Å². The van der Waals surface area contributed by atoms with Crippen molar-refractivity contribution in [3.8, 4) is 0 Å². The van der Waals surface area contributed by atoms with E-state index in [9.17, 15) is 4.79 Å². The van der Waals surface area contributed by atoms with Crippen molar-refractivity contribution >= 4 is 56.0 Å². The van der Waals surface area contributed by atoms with Gasteiger partial charge in [-0.3, -0.25) is 14.7 Å². The number of aromatic nitrogens is 2. The number of thiazole rings is 1. The topological polar surface area (TPSA) is 46.1 Å². The highest BCUT2D eigenvalue weighted by atomic mass is 35.5. The molecule has 0 saturated carbocycles. The SMILES string of the molecule is Cc1cc(C)c2nc(N(Cc3ccccn3)C(=O)CCCSc3ccc(Cl)cc3)sc2c1. The lowest BCUT2D eigenvalue weighted by molar-refractivity contribution is -0.118. The quantitative estimate of drug-likeness (QED) is 0.199. The number of hydrogen-bond acceptors (Lipinski definition) is 5. The van der Waals surface area contributed by atoms with Crippen LogP contribution in [-0.4, -0.2) is 21.6 Å². The predicted octanol–water partition coefficient (Wildman–Crippen LogP) is 7.07. The number of carbonyl (C=O) groups is 1. The number of aryl methyl sites for hydroxylation is 2. The molecule has 0 fully saturated rings. The Morgan fingerprint density at radius 3 is 2.69 bits per heavy atom. The second kappa shape index (κ2) is 10.5. The van der Waals surface area contributed by atoms with Crippen LogP contribution in [0.2, 0.25) is 5.02 Å². The molecule has 0 aliphatic rings. The molecule has 4 aromatic rings. The minimum absolute atomic E-state index is 0.0702. The first-order valence-corrected chi connectivity index (χ1v) is 12.6. The first-order valence-electron chi connectivity index (χ1n) is 10.5. The number of pyridine rings is 1. The number of halogens is 1. The summed E-state index contributed by atoms with van der Waals surface area (Å²) in [4.78, 5) is 25.5. The molecule has 4 rings (SSSR count). The lowest BCUT2D eigenvalue weighted by Crippen LogP contribution is -2.30. The highest BCUT2D eigenvalue weighted by molar-refractivity contribution is 7.99. The first-order chi connectivity index (χ1) is 15.5. The van der Waals surface area contributed by atoms with E-state index in [2.05, 4.69) is 31.0 Å². The Labute approximate surface area is 201 Å². The van der Waals surface area contributed by atoms with Gasteiger partial charge in [-0.25, -0.2) is 4.98 Å². The molecular weight excluding hydrogens is 458 g/mol. The van der Waals surface area contributed by atoms with E-state index < -0.39 is 0 Å². The molecule has 2 heterocycles. The summed E-state index contributed by atoms with van der Waals surface area (Å²) < 4.78 is 1.11. The molecule has 1 amide bonds. The van der Waals surface area contributed by atoms with Crippen LogP contribution in [0.25, 0.3) is 10.2 Å². The number of thioether (sulfide) groups is 1. The fraction of sp³-hybridized carbons (Fsp3) is 0.240. The van der Waals surface area contributed by atoms with Crippen LogP contribution >= 0.6 is 34.7 Å². The fourth-order valence-electron chi connectivity index (χ4n) is 3.47. The summed E-state index contributed by atoms with van der Waals surface area (Å²) in [6.45, 7) is 4.57. The second-order valence-corrected chi connectivity index (χ2v) is 10.2. The Balaban J connectivity index is 1.49. The Bertz CT molecular complexity index is 1210. The van der Waals surface area contributed by atoms with Gasteiger partial charge in [0, 0.05) is 22.5 Å². The van der Waals surface area contributed by atoms with Crippen LogP contribution in [0.1, 0.15) is 29.7 Å². The molecule has 0 N–H and O–H groups in total. The number of carbonyl (C=O) groups excluding carboxylic acids is 1. The van der Waals surface area contributed by atoms with Gasteiger partial charge in [0.1, 0.15) is 0 Å². The molecule has 2 aromatic heterocycles. The molecule has 0 atom stereocenters. The summed E-state index contributed by atoms with van der Waals surface area (Å²) in [6, 6.07) is 17.8. The molecule has 0 bridgehead atoms. The van der Waals surface area contributed by atoms with Crippen molar-refractivity contribution in [2.75, 3.05) is 10.7 Å². The molecule has 2 aromatic carbocycles. The number of anilines is 1. The number of amides is 1. The van der Waals surface area contributed by atoms with Crippen molar-refractivity contribution in [2.45, 2.75) is 38.1 Å². The van der Waals surface area contributed by atoms with E-state index in [1.54, 1.807) is 34.2 Å². The minimum atomic E-state index is 0.0702. The third-order valence-electron chi connectivity index (χ3n) is 5.01. The lowest BCUT2D eigenvalue weighted by atomic mass is 10.1. The monoisotopic (exact) mass is 481 g/mol. The maximum absolute atomic E-state index is 13.3. The Morgan fingerprint density at radius 1 is 1.12 bits per heavy atom. The molecule has 0 spiro atoms. The minimum Gasteiger partial charge on any atom is -0.282 e. The second-order valence-electron chi connectivity index (χ2n) is 7.63. The van der Waals surface area contributed by atoms with Crippen molar-refractivity contribution in [1.29, 1.82) is 0 Å². The van der Waals surface area contributed by atoms with Crippen molar-refractivity contribution in [2.24, 2.45) is 0 Å². The van der Waals surface area contributed by atoms with Crippen molar-refractivity contribution < 1.29 is 4.79 Å². The van der Waals surface area contributed by atoms with Gasteiger partial charge in [0.05, 0.1) is 22.5 Å². The van der Waals surface area contributed by atoms with Gasteiger partial charge >= 0.3 is 0 Å². The Hall–Kier alpha value is -2.41. The molecular formula is C25H24ClN3OS2. The third kappa shape index (κ3) is 5.68. The normalized spacial score (nSPS) is 11.1. The van der Waals surface area contributed by atoms with Crippen LogP contribution in [-0.2, 0) is 11.3 Å². The Morgan fingerprint density at radius 2 is 1.94 bits per heavy atom. The van der Waals surface area contributed by atoms with Gasteiger partial charge in [0.15, 0.2) is 5.13 Å². The molecule has 4 nitrogen and oxygen atoms in total. The standard InChI is InChI=1S/C25H24ClN3OS2/c1-17-14-18(2)24-22(15-17)32-25(28-24)29(16-20-6-3-4-12-27-20)23(30)7-5-13-31-21-10-8-19(26)9-11-21/h3-4,6,8-12,14-15H,5,7,13,16H2,1-2H3. The number of rotatable bonds is 8. The van der Waals surface area contributed by atoms with Gasteiger partial charge < -0.3 is 0 Å². The maximum atomic E-state index is 13.3. The number of nitrogens with zero attached hydrogens (tertiary/aromatic N) is 3. The Kier molecular flexibility index (Phi) is 7.45. The highest BCUT2D eigenvalue weighted by Crippen LogP contribution is 2.33. The van der Waals surface area contributed by atoms with Crippen LogP contribution < -0.4 is 4.90 Å². The largest absolute Gasteiger partial charge is 0.282 e. The molecule has 0 aliphatic carbocycles. The van der Waals surface area contributed by atoms with E-state index in [-0.39, 0.29) is 5.91 Å². The molecule has 0 unspecified atom stereocenters. The van der Waals surface area contributed by atoms with E-state index in [1.165, 1.54) is 5.56 Å². The summed E-state index contributed by atoms with van der Waals surface area (Å²) in [5, 5.41) is 1.46. The molecule has 32 heavy (non-hydrogen) atoms. The van der Waals surface area contributed by atoms with Crippen LogP contribution in [0.5, 0.6) is 0 Å².